The maximum Gasteiger partial charge on any atom is 0.296 e. The Morgan fingerprint density at radius 3 is 1.81 bits per heavy atom. The second-order valence-electron chi connectivity index (χ2n) is 8.29. The number of rotatable bonds is 5. The van der Waals surface area contributed by atoms with Gasteiger partial charge in [0.2, 0.25) is 0 Å². The zero-order chi connectivity index (χ0) is 27.3. The molecule has 0 saturated carbocycles. The SMILES string of the molecule is C=Nc1c(S(=O)(=O)O)cc2cc(C)c(N=Nc3ccc(C)cc3)c(O)c2c1N.C=Nc1ccc(C)cc1. The highest BCUT2D eigenvalue weighted by atomic mass is 32.2. The average molecular weight is 518 g/mol. The molecule has 0 aliphatic heterocycles. The predicted molar refractivity (Wildman–Crippen MR) is 150 cm³/mol. The molecule has 0 aliphatic carbocycles. The van der Waals surface area contributed by atoms with Gasteiger partial charge in [-0.2, -0.15) is 13.5 Å². The number of hydrogen-bond acceptors (Lipinski definition) is 8. The van der Waals surface area contributed by atoms with Gasteiger partial charge in [-0.1, -0.05) is 35.4 Å². The minimum atomic E-state index is -4.58. The molecule has 0 heterocycles. The second kappa shape index (κ2) is 11.1. The molecule has 4 N–H and O–H groups in total. The summed E-state index contributed by atoms with van der Waals surface area (Å²) < 4.78 is 32.7. The Balaban J connectivity index is 0.000000356. The lowest BCUT2D eigenvalue weighted by Gasteiger charge is -2.13. The Morgan fingerprint density at radius 1 is 0.784 bits per heavy atom. The van der Waals surface area contributed by atoms with Gasteiger partial charge in [0.05, 0.1) is 22.4 Å². The van der Waals surface area contributed by atoms with Crippen LogP contribution in [0.1, 0.15) is 16.7 Å². The van der Waals surface area contributed by atoms with Crippen LogP contribution in [0.5, 0.6) is 5.75 Å². The van der Waals surface area contributed by atoms with Crippen molar-refractivity contribution in [3.63, 3.8) is 0 Å². The van der Waals surface area contributed by atoms with E-state index in [0.29, 0.717) is 16.6 Å². The van der Waals surface area contributed by atoms with E-state index in [9.17, 15) is 18.1 Å². The highest BCUT2D eigenvalue weighted by molar-refractivity contribution is 7.86. The predicted octanol–water partition coefficient (Wildman–Crippen LogP) is 7.07. The van der Waals surface area contributed by atoms with E-state index in [2.05, 4.69) is 33.6 Å². The third kappa shape index (κ3) is 6.24. The zero-order valence-corrected chi connectivity index (χ0v) is 21.5. The van der Waals surface area contributed by atoms with Crippen LogP contribution in [0.3, 0.4) is 0 Å². The number of nitrogens with zero attached hydrogens (tertiary/aromatic N) is 4. The van der Waals surface area contributed by atoms with Gasteiger partial charge in [-0.15, -0.1) is 5.11 Å². The number of aryl methyl sites for hydroxylation is 3. The molecule has 0 aromatic heterocycles. The van der Waals surface area contributed by atoms with Crippen LogP contribution in [0.4, 0.5) is 28.4 Å². The largest absolute Gasteiger partial charge is 0.505 e. The Labute approximate surface area is 215 Å². The standard InChI is InChI=1S/C19H18N4O4S.C8H9N/c1-10-4-6-13(7-5-10)22-23-17-11(2)8-12-9-14(28(25,26)27)18(21-3)16(20)15(12)19(17)24;1-7-3-5-8(9-2)6-4-7/h4-9,24H,3,20H2,1-2H3,(H,25,26,27);3-6H,2H2,1H3. The molecule has 0 radical (unpaired) electrons. The molecule has 0 atom stereocenters. The van der Waals surface area contributed by atoms with Crippen molar-refractivity contribution in [1.29, 1.82) is 0 Å². The quantitative estimate of drug-likeness (QED) is 0.112. The van der Waals surface area contributed by atoms with Crippen molar-refractivity contribution in [3.8, 4) is 5.75 Å². The fraction of sp³-hybridized carbons (Fsp3) is 0.111. The Hall–Kier alpha value is -4.41. The van der Waals surface area contributed by atoms with Gasteiger partial charge in [0, 0.05) is 0 Å². The summed E-state index contributed by atoms with van der Waals surface area (Å²) in [7, 11) is -4.58. The number of hydrogen-bond donors (Lipinski definition) is 3. The molecule has 9 nitrogen and oxygen atoms in total. The molecule has 0 amide bonds. The molecule has 4 aromatic rings. The van der Waals surface area contributed by atoms with Crippen LogP contribution in [-0.2, 0) is 10.1 Å². The van der Waals surface area contributed by atoms with Gasteiger partial charge in [-0.25, -0.2) is 0 Å². The summed E-state index contributed by atoms with van der Waals surface area (Å²) in [5.41, 5.74) is 10.3. The lowest BCUT2D eigenvalue weighted by molar-refractivity contribution is 0.480. The highest BCUT2D eigenvalue weighted by Gasteiger charge is 2.23. The topological polar surface area (TPSA) is 150 Å². The van der Waals surface area contributed by atoms with E-state index in [-0.39, 0.29) is 28.2 Å². The van der Waals surface area contributed by atoms with E-state index in [1.165, 1.54) is 11.6 Å². The fourth-order valence-corrected chi connectivity index (χ4v) is 4.22. The number of nitrogens with two attached hydrogens (primary N) is 1. The van der Waals surface area contributed by atoms with Gasteiger partial charge in [0.15, 0.2) is 5.75 Å². The molecule has 37 heavy (non-hydrogen) atoms. The Bertz CT molecular complexity index is 1610. The number of phenolic OH excluding ortho intramolecular Hbond substituents is 1. The van der Waals surface area contributed by atoms with E-state index in [4.69, 9.17) is 5.73 Å². The number of nitrogen functional groups attached to an aromatic ring is 1. The molecular weight excluding hydrogens is 490 g/mol. The van der Waals surface area contributed by atoms with Crippen molar-refractivity contribution in [3.05, 3.63) is 77.4 Å². The molecule has 10 heteroatoms. The minimum Gasteiger partial charge on any atom is -0.505 e. The average Bonchev–Trinajstić information content (AvgIpc) is 2.85. The summed E-state index contributed by atoms with van der Waals surface area (Å²) in [6.45, 7) is 12.4. The van der Waals surface area contributed by atoms with Crippen LogP contribution < -0.4 is 5.73 Å². The van der Waals surface area contributed by atoms with E-state index >= 15 is 0 Å². The number of phenols is 1. The highest BCUT2D eigenvalue weighted by Crippen LogP contribution is 2.46. The Morgan fingerprint density at radius 2 is 1.32 bits per heavy atom. The van der Waals surface area contributed by atoms with Crippen molar-refractivity contribution in [1.82, 2.24) is 0 Å². The smallest absolute Gasteiger partial charge is 0.296 e. The molecule has 4 rings (SSSR count). The van der Waals surface area contributed by atoms with E-state index in [0.717, 1.165) is 11.3 Å². The zero-order valence-electron chi connectivity index (χ0n) is 20.7. The lowest BCUT2D eigenvalue weighted by atomic mass is 10.0. The minimum absolute atomic E-state index is 0.135. The number of fused-ring (bicyclic) bond motifs is 1. The van der Waals surface area contributed by atoms with E-state index in [1.54, 1.807) is 25.1 Å². The molecule has 0 fully saturated rings. The summed E-state index contributed by atoms with van der Waals surface area (Å²) in [5, 5.41) is 19.5. The van der Waals surface area contributed by atoms with Gasteiger partial charge in [-0.3, -0.25) is 14.5 Å². The molecule has 190 valence electrons. The van der Waals surface area contributed by atoms with Gasteiger partial charge in [0.25, 0.3) is 10.1 Å². The van der Waals surface area contributed by atoms with Crippen LogP contribution in [0.15, 0.2) is 85.8 Å². The fourth-order valence-electron chi connectivity index (χ4n) is 3.53. The first-order chi connectivity index (χ1) is 17.5. The first kappa shape index (κ1) is 27.2. The summed E-state index contributed by atoms with van der Waals surface area (Å²) in [4.78, 5) is 6.88. The summed E-state index contributed by atoms with van der Waals surface area (Å²) in [6, 6.07) is 18.1. The second-order valence-corrected chi connectivity index (χ2v) is 9.68. The molecule has 0 spiro atoms. The van der Waals surface area contributed by atoms with Crippen LogP contribution in [0, 0.1) is 20.8 Å². The van der Waals surface area contributed by atoms with Gasteiger partial charge < -0.3 is 10.8 Å². The molecule has 0 aliphatic rings. The first-order valence-electron chi connectivity index (χ1n) is 11.0. The van der Waals surface area contributed by atoms with Gasteiger partial charge in [-0.05, 0) is 81.6 Å². The monoisotopic (exact) mass is 517 g/mol. The third-order valence-electron chi connectivity index (χ3n) is 5.49. The third-order valence-corrected chi connectivity index (χ3v) is 6.36. The number of anilines is 1. The molecule has 4 aromatic carbocycles. The van der Waals surface area contributed by atoms with Crippen molar-refractivity contribution < 1.29 is 18.1 Å². The molecule has 0 bridgehead atoms. The first-order valence-corrected chi connectivity index (χ1v) is 12.4. The van der Waals surface area contributed by atoms with Crippen molar-refractivity contribution >= 4 is 62.8 Å². The van der Waals surface area contributed by atoms with Gasteiger partial charge >= 0.3 is 0 Å². The lowest BCUT2D eigenvalue weighted by Crippen LogP contribution is -2.02. The van der Waals surface area contributed by atoms with E-state index < -0.39 is 15.0 Å². The van der Waals surface area contributed by atoms with Crippen molar-refractivity contribution in [2.24, 2.45) is 20.2 Å². The summed E-state index contributed by atoms with van der Waals surface area (Å²) in [5.74, 6) is -0.268. The van der Waals surface area contributed by atoms with Crippen LogP contribution in [0.2, 0.25) is 0 Å². The van der Waals surface area contributed by atoms with Crippen molar-refractivity contribution in [2.45, 2.75) is 25.7 Å². The number of aliphatic imine (C=N–C) groups is 2. The molecular formula is C27H27N5O4S. The molecule has 0 unspecified atom stereocenters. The van der Waals surface area contributed by atoms with Crippen molar-refractivity contribution in [2.75, 3.05) is 5.73 Å². The van der Waals surface area contributed by atoms with Crippen LogP contribution >= 0.6 is 0 Å². The Kier molecular flexibility index (Phi) is 8.16. The summed E-state index contributed by atoms with van der Waals surface area (Å²) >= 11 is 0. The normalized spacial score (nSPS) is 11.2. The molecule has 0 saturated heterocycles. The maximum atomic E-state index is 11.6. The number of aromatic hydroxyl groups is 1. The summed E-state index contributed by atoms with van der Waals surface area (Å²) in [6.07, 6.45) is 0. The van der Waals surface area contributed by atoms with Crippen LogP contribution in [-0.4, -0.2) is 31.5 Å². The van der Waals surface area contributed by atoms with Gasteiger partial charge in [0.1, 0.15) is 16.3 Å². The number of azo groups is 1. The number of benzene rings is 4. The van der Waals surface area contributed by atoms with E-state index in [1.807, 2.05) is 50.2 Å². The maximum absolute atomic E-state index is 11.6. The van der Waals surface area contributed by atoms with Crippen LogP contribution in [0.25, 0.3) is 10.8 Å².